The molecule has 0 heterocycles. The molecule has 120 valence electrons. The van der Waals surface area contributed by atoms with Crippen LogP contribution in [0.25, 0.3) is 0 Å². The molecule has 0 aromatic heterocycles. The van der Waals surface area contributed by atoms with Crippen molar-refractivity contribution in [3.8, 4) is 5.75 Å². The van der Waals surface area contributed by atoms with E-state index in [1.165, 1.54) is 0 Å². The van der Waals surface area contributed by atoms with Gasteiger partial charge in [-0.25, -0.2) is 4.79 Å². The van der Waals surface area contributed by atoms with Crippen LogP contribution in [0.1, 0.15) is 17.3 Å². The van der Waals surface area contributed by atoms with E-state index < -0.39 is 5.97 Å². The molecule has 0 bridgehead atoms. The third kappa shape index (κ3) is 5.41. The van der Waals surface area contributed by atoms with Crippen molar-refractivity contribution in [2.45, 2.75) is 6.92 Å². The molecule has 0 unspecified atom stereocenters. The summed E-state index contributed by atoms with van der Waals surface area (Å²) in [4.78, 5) is 23.4. The SMILES string of the molecule is CCOC(=O)COc1cccc(NC(=O)c2ccc(Br)cc2)c1. The molecule has 2 rings (SSSR count). The maximum absolute atomic E-state index is 12.1. The van der Waals surface area contributed by atoms with E-state index in [2.05, 4.69) is 21.2 Å². The zero-order valence-electron chi connectivity index (χ0n) is 12.5. The van der Waals surface area contributed by atoms with Crippen LogP contribution in [0.5, 0.6) is 5.75 Å². The van der Waals surface area contributed by atoms with Crippen molar-refractivity contribution < 1.29 is 19.1 Å². The summed E-state index contributed by atoms with van der Waals surface area (Å²) >= 11 is 3.32. The van der Waals surface area contributed by atoms with Crippen molar-refractivity contribution in [2.75, 3.05) is 18.5 Å². The van der Waals surface area contributed by atoms with Gasteiger partial charge < -0.3 is 14.8 Å². The zero-order chi connectivity index (χ0) is 16.7. The van der Waals surface area contributed by atoms with E-state index in [1.54, 1.807) is 55.5 Å². The van der Waals surface area contributed by atoms with Crippen LogP contribution in [-0.4, -0.2) is 25.1 Å². The maximum atomic E-state index is 12.1. The Bertz CT molecular complexity index is 685. The van der Waals surface area contributed by atoms with Crippen LogP contribution in [0.2, 0.25) is 0 Å². The molecule has 0 saturated heterocycles. The number of carbonyl (C=O) groups excluding carboxylic acids is 2. The number of esters is 1. The number of nitrogens with one attached hydrogen (secondary N) is 1. The lowest BCUT2D eigenvalue weighted by Gasteiger charge is -2.09. The molecule has 1 N–H and O–H groups in total. The molecule has 5 nitrogen and oxygen atoms in total. The topological polar surface area (TPSA) is 64.6 Å². The fourth-order valence-corrected chi connectivity index (χ4v) is 2.08. The molecule has 0 aliphatic rings. The maximum Gasteiger partial charge on any atom is 0.344 e. The molecule has 0 radical (unpaired) electrons. The van der Waals surface area contributed by atoms with Gasteiger partial charge in [-0.1, -0.05) is 22.0 Å². The van der Waals surface area contributed by atoms with Crippen LogP contribution in [-0.2, 0) is 9.53 Å². The standard InChI is InChI=1S/C17H16BrNO4/c1-2-22-16(20)11-23-15-5-3-4-14(10-15)19-17(21)12-6-8-13(18)9-7-12/h3-10H,2,11H2,1H3,(H,19,21). The second-order valence-electron chi connectivity index (χ2n) is 4.58. The summed E-state index contributed by atoms with van der Waals surface area (Å²) in [5.74, 6) is -0.177. The largest absolute Gasteiger partial charge is 0.482 e. The number of amides is 1. The minimum absolute atomic E-state index is 0.169. The van der Waals surface area contributed by atoms with Crippen LogP contribution >= 0.6 is 15.9 Å². The summed E-state index contributed by atoms with van der Waals surface area (Å²) in [5, 5.41) is 2.78. The first kappa shape index (κ1) is 17.0. The summed E-state index contributed by atoms with van der Waals surface area (Å²) in [6.45, 7) is 1.87. The molecule has 2 aromatic rings. The minimum Gasteiger partial charge on any atom is -0.482 e. The lowest BCUT2D eigenvalue weighted by molar-refractivity contribution is -0.145. The molecular formula is C17H16BrNO4. The van der Waals surface area contributed by atoms with E-state index in [1.807, 2.05) is 0 Å². The molecule has 2 aromatic carbocycles. The zero-order valence-corrected chi connectivity index (χ0v) is 14.1. The van der Waals surface area contributed by atoms with E-state index in [-0.39, 0.29) is 12.5 Å². The number of anilines is 1. The first-order chi connectivity index (χ1) is 11.1. The molecule has 0 spiro atoms. The number of halogens is 1. The quantitative estimate of drug-likeness (QED) is 0.780. The lowest BCUT2D eigenvalue weighted by atomic mass is 10.2. The Kier molecular flexibility index (Phi) is 6.17. The highest BCUT2D eigenvalue weighted by molar-refractivity contribution is 9.10. The summed E-state index contributed by atoms with van der Waals surface area (Å²) in [5.41, 5.74) is 1.13. The van der Waals surface area contributed by atoms with Crippen molar-refractivity contribution in [1.82, 2.24) is 0 Å². The van der Waals surface area contributed by atoms with Crippen LogP contribution in [0.3, 0.4) is 0 Å². The van der Waals surface area contributed by atoms with Gasteiger partial charge in [0, 0.05) is 21.8 Å². The van der Waals surface area contributed by atoms with Crippen LogP contribution in [0, 0.1) is 0 Å². The normalized spacial score (nSPS) is 10.0. The highest BCUT2D eigenvalue weighted by Crippen LogP contribution is 2.18. The lowest BCUT2D eigenvalue weighted by Crippen LogP contribution is -2.15. The first-order valence-electron chi connectivity index (χ1n) is 7.04. The Balaban J connectivity index is 1.98. The average molecular weight is 378 g/mol. The number of carbonyl (C=O) groups is 2. The second-order valence-corrected chi connectivity index (χ2v) is 5.50. The van der Waals surface area contributed by atoms with E-state index in [0.717, 1.165) is 4.47 Å². The summed E-state index contributed by atoms with van der Waals surface area (Å²) in [6.07, 6.45) is 0. The summed E-state index contributed by atoms with van der Waals surface area (Å²) in [7, 11) is 0. The summed E-state index contributed by atoms with van der Waals surface area (Å²) in [6, 6.07) is 13.9. The molecule has 0 saturated carbocycles. The van der Waals surface area contributed by atoms with Crippen LogP contribution in [0.4, 0.5) is 5.69 Å². The molecule has 0 aliphatic heterocycles. The predicted octanol–water partition coefficient (Wildman–Crippen LogP) is 3.64. The van der Waals surface area contributed by atoms with E-state index in [9.17, 15) is 9.59 Å². The number of hydrogen-bond donors (Lipinski definition) is 1. The Morgan fingerprint density at radius 1 is 1.13 bits per heavy atom. The smallest absolute Gasteiger partial charge is 0.344 e. The van der Waals surface area contributed by atoms with Gasteiger partial charge in [-0.15, -0.1) is 0 Å². The van der Waals surface area contributed by atoms with Gasteiger partial charge in [-0.2, -0.15) is 0 Å². The van der Waals surface area contributed by atoms with Crippen molar-refractivity contribution >= 4 is 33.5 Å². The van der Waals surface area contributed by atoms with Crippen LogP contribution in [0.15, 0.2) is 53.0 Å². The molecule has 0 aliphatic carbocycles. The van der Waals surface area contributed by atoms with Gasteiger partial charge in [0.2, 0.25) is 0 Å². The summed E-state index contributed by atoms with van der Waals surface area (Å²) < 4.78 is 11.0. The van der Waals surface area contributed by atoms with Crippen molar-refractivity contribution in [3.63, 3.8) is 0 Å². The first-order valence-corrected chi connectivity index (χ1v) is 7.83. The number of benzene rings is 2. The Labute approximate surface area is 142 Å². The molecule has 23 heavy (non-hydrogen) atoms. The molecule has 0 atom stereocenters. The Morgan fingerprint density at radius 3 is 2.57 bits per heavy atom. The van der Waals surface area contributed by atoms with Gasteiger partial charge in [-0.05, 0) is 43.3 Å². The van der Waals surface area contributed by atoms with E-state index in [4.69, 9.17) is 9.47 Å². The monoisotopic (exact) mass is 377 g/mol. The number of ether oxygens (including phenoxy) is 2. The Morgan fingerprint density at radius 2 is 1.87 bits per heavy atom. The molecule has 6 heteroatoms. The second kappa shape index (κ2) is 8.33. The highest BCUT2D eigenvalue weighted by atomic mass is 79.9. The van der Waals surface area contributed by atoms with Gasteiger partial charge in [0.15, 0.2) is 6.61 Å². The third-order valence-corrected chi connectivity index (χ3v) is 3.39. The molecular weight excluding hydrogens is 362 g/mol. The van der Waals surface area contributed by atoms with Gasteiger partial charge in [0.25, 0.3) is 5.91 Å². The minimum atomic E-state index is -0.434. The van der Waals surface area contributed by atoms with Gasteiger partial charge in [0.1, 0.15) is 5.75 Å². The Hall–Kier alpha value is -2.34. The third-order valence-electron chi connectivity index (χ3n) is 2.86. The van der Waals surface area contributed by atoms with Crippen LogP contribution < -0.4 is 10.1 Å². The van der Waals surface area contributed by atoms with E-state index in [0.29, 0.717) is 23.6 Å². The number of rotatable bonds is 6. The fraction of sp³-hybridized carbons (Fsp3) is 0.176. The average Bonchev–Trinajstić information content (AvgIpc) is 2.54. The van der Waals surface area contributed by atoms with Crippen molar-refractivity contribution in [2.24, 2.45) is 0 Å². The molecule has 1 amide bonds. The molecule has 0 fully saturated rings. The van der Waals surface area contributed by atoms with Gasteiger partial charge in [0.05, 0.1) is 6.61 Å². The van der Waals surface area contributed by atoms with Crippen molar-refractivity contribution in [1.29, 1.82) is 0 Å². The van der Waals surface area contributed by atoms with E-state index >= 15 is 0 Å². The predicted molar refractivity (Wildman–Crippen MR) is 90.7 cm³/mol. The van der Waals surface area contributed by atoms with Crippen molar-refractivity contribution in [3.05, 3.63) is 58.6 Å². The highest BCUT2D eigenvalue weighted by Gasteiger charge is 2.07. The van der Waals surface area contributed by atoms with Gasteiger partial charge in [-0.3, -0.25) is 4.79 Å². The number of hydrogen-bond acceptors (Lipinski definition) is 4. The van der Waals surface area contributed by atoms with Gasteiger partial charge >= 0.3 is 5.97 Å². The fourth-order valence-electron chi connectivity index (χ4n) is 1.81.